The van der Waals surface area contributed by atoms with Crippen LogP contribution in [0.4, 0.5) is 0 Å². The van der Waals surface area contributed by atoms with Crippen LogP contribution in [-0.4, -0.2) is 29.3 Å². The second kappa shape index (κ2) is 10.4. The number of nitrogens with one attached hydrogen (secondary N) is 1. The van der Waals surface area contributed by atoms with Crippen LogP contribution >= 0.6 is 0 Å². The molecule has 2 rings (SSSR count). The molecule has 0 radical (unpaired) electrons. The van der Waals surface area contributed by atoms with Gasteiger partial charge in [-0.05, 0) is 17.5 Å². The van der Waals surface area contributed by atoms with Crippen LogP contribution in [-0.2, 0) is 22.6 Å². The molecule has 0 aliphatic rings. The van der Waals surface area contributed by atoms with Crippen LogP contribution in [0.25, 0.3) is 0 Å². The minimum Gasteiger partial charge on any atom is -0.354 e. The van der Waals surface area contributed by atoms with E-state index in [2.05, 4.69) is 12.2 Å². The van der Waals surface area contributed by atoms with E-state index in [1.165, 1.54) is 6.92 Å². The summed E-state index contributed by atoms with van der Waals surface area (Å²) in [6, 6.07) is 19.1. The van der Waals surface area contributed by atoms with Gasteiger partial charge in [-0.3, -0.25) is 9.59 Å². The van der Waals surface area contributed by atoms with E-state index < -0.39 is 6.04 Å². The predicted octanol–water partition coefficient (Wildman–Crippen LogP) is 3.56. The average molecular weight is 352 g/mol. The Labute approximate surface area is 156 Å². The number of carbonyl (C=O) groups is 2. The number of hydrogen-bond donors (Lipinski definition) is 1. The van der Waals surface area contributed by atoms with Crippen molar-refractivity contribution in [3.63, 3.8) is 0 Å². The lowest BCUT2D eigenvalue weighted by Crippen LogP contribution is -2.50. The van der Waals surface area contributed by atoms with E-state index in [9.17, 15) is 9.59 Å². The summed E-state index contributed by atoms with van der Waals surface area (Å²) in [5.41, 5.74) is 2.06. The molecule has 0 saturated carbocycles. The smallest absolute Gasteiger partial charge is 0.243 e. The Bertz CT molecular complexity index is 686. The Kier molecular flexibility index (Phi) is 7.87. The average Bonchev–Trinajstić information content (AvgIpc) is 2.66. The lowest BCUT2D eigenvalue weighted by molar-refractivity contribution is -0.139. The molecule has 0 aromatic heterocycles. The highest BCUT2D eigenvalue weighted by Crippen LogP contribution is 2.14. The molecule has 2 aromatic rings. The zero-order valence-corrected chi connectivity index (χ0v) is 15.7. The van der Waals surface area contributed by atoms with Gasteiger partial charge < -0.3 is 10.2 Å². The lowest BCUT2D eigenvalue weighted by atomic mass is 10.0. The predicted molar refractivity (Wildman–Crippen MR) is 105 cm³/mol. The maximum atomic E-state index is 12.9. The van der Waals surface area contributed by atoms with Gasteiger partial charge in [0.25, 0.3) is 0 Å². The molecule has 26 heavy (non-hydrogen) atoms. The fourth-order valence-corrected chi connectivity index (χ4v) is 2.91. The van der Waals surface area contributed by atoms with Gasteiger partial charge in [0.15, 0.2) is 0 Å². The number of hydrogen-bond acceptors (Lipinski definition) is 2. The molecule has 0 saturated heterocycles. The van der Waals surface area contributed by atoms with E-state index >= 15 is 0 Å². The molecule has 1 atom stereocenters. The Morgan fingerprint density at radius 3 is 2.08 bits per heavy atom. The number of amides is 2. The molecule has 4 heteroatoms. The van der Waals surface area contributed by atoms with Crippen molar-refractivity contribution in [1.29, 1.82) is 0 Å². The minimum atomic E-state index is -0.521. The molecule has 2 aromatic carbocycles. The van der Waals surface area contributed by atoms with Crippen LogP contribution in [0.1, 0.15) is 37.8 Å². The van der Waals surface area contributed by atoms with Gasteiger partial charge in [0.1, 0.15) is 6.04 Å². The highest BCUT2D eigenvalue weighted by atomic mass is 16.2. The fraction of sp³-hybridized carbons (Fsp3) is 0.364. The normalized spacial score (nSPS) is 11.6. The topological polar surface area (TPSA) is 49.4 Å². The van der Waals surface area contributed by atoms with Crippen LogP contribution in [0.2, 0.25) is 0 Å². The first kappa shape index (κ1) is 19.7. The molecule has 138 valence electrons. The molecule has 1 N–H and O–H groups in total. The Morgan fingerprint density at radius 2 is 1.54 bits per heavy atom. The zero-order chi connectivity index (χ0) is 18.8. The molecule has 0 aliphatic carbocycles. The summed E-state index contributed by atoms with van der Waals surface area (Å²) in [5.74, 6) is -0.186. The van der Waals surface area contributed by atoms with E-state index in [-0.39, 0.29) is 11.8 Å². The first-order valence-electron chi connectivity index (χ1n) is 9.24. The first-order valence-corrected chi connectivity index (χ1v) is 9.24. The summed E-state index contributed by atoms with van der Waals surface area (Å²) in [5, 5.41) is 2.99. The fourth-order valence-electron chi connectivity index (χ4n) is 2.91. The van der Waals surface area contributed by atoms with E-state index in [1.807, 2.05) is 60.7 Å². The maximum Gasteiger partial charge on any atom is 0.243 e. The van der Waals surface area contributed by atoms with Gasteiger partial charge in [0.05, 0.1) is 0 Å². The molecule has 0 bridgehead atoms. The van der Waals surface area contributed by atoms with Crippen LogP contribution < -0.4 is 5.32 Å². The summed E-state index contributed by atoms with van der Waals surface area (Å²) in [7, 11) is 0. The van der Waals surface area contributed by atoms with Crippen molar-refractivity contribution in [2.24, 2.45) is 0 Å². The van der Waals surface area contributed by atoms with Gasteiger partial charge in [-0.25, -0.2) is 0 Å². The van der Waals surface area contributed by atoms with Crippen molar-refractivity contribution in [3.8, 4) is 0 Å². The molecular weight excluding hydrogens is 324 g/mol. The highest BCUT2D eigenvalue weighted by Gasteiger charge is 2.28. The molecule has 2 amide bonds. The van der Waals surface area contributed by atoms with Crippen molar-refractivity contribution in [1.82, 2.24) is 10.2 Å². The van der Waals surface area contributed by atoms with Crippen molar-refractivity contribution in [2.45, 2.75) is 45.7 Å². The Balaban J connectivity index is 2.22. The summed E-state index contributed by atoms with van der Waals surface area (Å²) in [4.78, 5) is 26.9. The second-order valence-corrected chi connectivity index (χ2v) is 6.48. The third kappa shape index (κ3) is 6.03. The Hall–Kier alpha value is -2.62. The van der Waals surface area contributed by atoms with Crippen LogP contribution in [0.15, 0.2) is 60.7 Å². The largest absolute Gasteiger partial charge is 0.354 e. The Morgan fingerprint density at radius 1 is 0.962 bits per heavy atom. The molecular formula is C22H28N2O2. The lowest BCUT2D eigenvalue weighted by Gasteiger charge is -2.30. The van der Waals surface area contributed by atoms with Gasteiger partial charge in [-0.2, -0.15) is 0 Å². The maximum absolute atomic E-state index is 12.9. The molecule has 4 nitrogen and oxygen atoms in total. The van der Waals surface area contributed by atoms with E-state index in [4.69, 9.17) is 0 Å². The zero-order valence-electron chi connectivity index (χ0n) is 15.7. The molecule has 0 spiro atoms. The van der Waals surface area contributed by atoms with Gasteiger partial charge in [0.2, 0.25) is 11.8 Å². The molecule has 0 fully saturated rings. The summed E-state index contributed by atoms with van der Waals surface area (Å²) in [6.07, 6.45) is 2.46. The minimum absolute atomic E-state index is 0.0894. The number of unbranched alkanes of at least 4 members (excludes halogenated alkanes) is 1. The first-order chi connectivity index (χ1) is 12.6. The summed E-state index contributed by atoms with van der Waals surface area (Å²) < 4.78 is 0. The monoisotopic (exact) mass is 352 g/mol. The number of rotatable bonds is 9. The molecule has 0 heterocycles. The van der Waals surface area contributed by atoms with E-state index in [1.54, 1.807) is 4.90 Å². The van der Waals surface area contributed by atoms with Crippen LogP contribution in [0.3, 0.4) is 0 Å². The van der Waals surface area contributed by atoms with Gasteiger partial charge in [-0.15, -0.1) is 0 Å². The van der Waals surface area contributed by atoms with Crippen LogP contribution in [0, 0.1) is 0 Å². The second-order valence-electron chi connectivity index (χ2n) is 6.48. The van der Waals surface area contributed by atoms with Crippen molar-refractivity contribution in [3.05, 3.63) is 71.8 Å². The van der Waals surface area contributed by atoms with Gasteiger partial charge >= 0.3 is 0 Å². The quantitative estimate of drug-likeness (QED) is 0.702. The molecule has 0 unspecified atom stereocenters. The molecule has 0 aliphatic heterocycles. The summed E-state index contributed by atoms with van der Waals surface area (Å²) in [6.45, 7) is 4.68. The number of carbonyl (C=O) groups excluding carboxylic acids is 2. The number of nitrogens with zero attached hydrogens (tertiary/aromatic N) is 1. The van der Waals surface area contributed by atoms with E-state index in [0.717, 1.165) is 24.0 Å². The van der Waals surface area contributed by atoms with E-state index in [0.29, 0.717) is 19.5 Å². The van der Waals surface area contributed by atoms with Crippen molar-refractivity contribution in [2.75, 3.05) is 6.54 Å². The van der Waals surface area contributed by atoms with Crippen molar-refractivity contribution < 1.29 is 9.59 Å². The summed E-state index contributed by atoms with van der Waals surface area (Å²) >= 11 is 0. The van der Waals surface area contributed by atoms with Gasteiger partial charge in [-0.1, -0.05) is 74.0 Å². The third-order valence-electron chi connectivity index (χ3n) is 4.38. The standard InChI is InChI=1S/C22H28N2O2/c1-3-4-15-23-22(26)21(16-19-11-7-5-8-12-19)24(18(2)25)17-20-13-9-6-10-14-20/h5-14,21H,3-4,15-17H2,1-2H3,(H,23,26)/t21-/m1/s1. The third-order valence-corrected chi connectivity index (χ3v) is 4.38. The van der Waals surface area contributed by atoms with Gasteiger partial charge in [0, 0.05) is 26.4 Å². The SMILES string of the molecule is CCCCNC(=O)[C@@H](Cc1ccccc1)N(Cc1ccccc1)C(C)=O. The van der Waals surface area contributed by atoms with Crippen LogP contribution in [0.5, 0.6) is 0 Å². The number of benzene rings is 2. The highest BCUT2D eigenvalue weighted by molar-refractivity contribution is 5.87. The van der Waals surface area contributed by atoms with Crippen molar-refractivity contribution >= 4 is 11.8 Å².